The molecule has 0 saturated carbocycles. The van der Waals surface area contributed by atoms with Crippen molar-refractivity contribution in [2.24, 2.45) is 0 Å². The minimum atomic E-state index is -0.579. The molecule has 1 fully saturated rings. The van der Waals surface area contributed by atoms with E-state index in [0.29, 0.717) is 18.8 Å². The number of likely N-dealkylation sites (N-methyl/N-ethyl adjacent to an activating group) is 1. The Balaban J connectivity index is 1.95. The molecule has 2 rings (SSSR count). The summed E-state index contributed by atoms with van der Waals surface area (Å²) in [6, 6.07) is 5.59. The van der Waals surface area contributed by atoms with Gasteiger partial charge in [0.15, 0.2) is 0 Å². The zero-order valence-corrected chi connectivity index (χ0v) is 13.9. The lowest BCUT2D eigenvalue weighted by Gasteiger charge is -2.33. The molecule has 0 aliphatic carbocycles. The number of hydrogen-bond acceptors (Lipinski definition) is 3. The van der Waals surface area contributed by atoms with E-state index in [-0.39, 0.29) is 0 Å². The number of halogens is 1. The number of amides is 2. The quantitative estimate of drug-likeness (QED) is 0.825. The number of carbonyl (C=O) groups is 2. The summed E-state index contributed by atoms with van der Waals surface area (Å²) in [5.41, 5.74) is 1.70. The van der Waals surface area contributed by atoms with Crippen molar-refractivity contribution in [3.8, 4) is 0 Å². The second-order valence-corrected chi connectivity index (χ2v) is 6.02. The Morgan fingerprint density at radius 1 is 1.24 bits per heavy atom. The number of piperazine rings is 1. The summed E-state index contributed by atoms with van der Waals surface area (Å²) in [5.74, 6) is -1.04. The fourth-order valence-electron chi connectivity index (χ4n) is 2.31. The van der Waals surface area contributed by atoms with Crippen LogP contribution in [0, 0.1) is 6.92 Å². The average Bonchev–Trinajstić information content (AvgIpc) is 2.49. The van der Waals surface area contributed by atoms with Crippen LogP contribution in [0.2, 0.25) is 0 Å². The summed E-state index contributed by atoms with van der Waals surface area (Å²) in [7, 11) is 0. The second kappa shape index (κ2) is 7.04. The van der Waals surface area contributed by atoms with Crippen molar-refractivity contribution in [1.82, 2.24) is 9.80 Å². The first kappa shape index (κ1) is 16.0. The van der Waals surface area contributed by atoms with Gasteiger partial charge in [0.1, 0.15) is 0 Å². The van der Waals surface area contributed by atoms with Crippen LogP contribution in [0.5, 0.6) is 0 Å². The summed E-state index contributed by atoms with van der Waals surface area (Å²) in [6.07, 6.45) is 0. The maximum absolute atomic E-state index is 12.2. The Hall–Kier alpha value is -1.40. The number of aryl methyl sites for hydroxylation is 1. The molecule has 0 atom stereocenters. The number of benzene rings is 1. The van der Waals surface area contributed by atoms with Gasteiger partial charge in [-0.1, -0.05) is 13.0 Å². The first-order valence-corrected chi connectivity index (χ1v) is 7.89. The van der Waals surface area contributed by atoms with Crippen LogP contribution >= 0.6 is 15.9 Å². The molecule has 1 aromatic rings. The van der Waals surface area contributed by atoms with Crippen molar-refractivity contribution in [3.63, 3.8) is 0 Å². The molecule has 1 aliphatic rings. The molecular formula is C15H20BrN3O2. The van der Waals surface area contributed by atoms with Gasteiger partial charge in [-0.3, -0.25) is 9.59 Å². The van der Waals surface area contributed by atoms with Crippen LogP contribution in [0.15, 0.2) is 22.7 Å². The van der Waals surface area contributed by atoms with Crippen molar-refractivity contribution in [1.29, 1.82) is 0 Å². The third-order valence-corrected chi connectivity index (χ3v) is 4.33. The summed E-state index contributed by atoms with van der Waals surface area (Å²) in [6.45, 7) is 7.90. The molecule has 0 unspecified atom stereocenters. The molecule has 2 amide bonds. The Labute approximate surface area is 133 Å². The van der Waals surface area contributed by atoms with Crippen LogP contribution in [0.25, 0.3) is 0 Å². The van der Waals surface area contributed by atoms with Gasteiger partial charge in [-0.15, -0.1) is 0 Å². The Kier molecular flexibility index (Phi) is 5.36. The molecule has 0 aromatic heterocycles. The lowest BCUT2D eigenvalue weighted by molar-refractivity contribution is -0.144. The van der Waals surface area contributed by atoms with Crippen LogP contribution in [-0.4, -0.2) is 54.3 Å². The lowest BCUT2D eigenvalue weighted by atomic mass is 10.2. The standard InChI is InChI=1S/C15H20BrN3O2/c1-3-18-6-8-19(9-7-18)15(21)14(20)17-13-5-4-11(2)10-12(13)16/h4-5,10H,3,6-9H2,1-2H3,(H,17,20). The van der Waals surface area contributed by atoms with Crippen LogP contribution in [-0.2, 0) is 9.59 Å². The maximum Gasteiger partial charge on any atom is 0.313 e. The lowest BCUT2D eigenvalue weighted by Crippen LogP contribution is -2.51. The molecule has 21 heavy (non-hydrogen) atoms. The third-order valence-electron chi connectivity index (χ3n) is 3.67. The van der Waals surface area contributed by atoms with Crippen molar-refractivity contribution in [3.05, 3.63) is 28.2 Å². The minimum Gasteiger partial charge on any atom is -0.332 e. The van der Waals surface area contributed by atoms with Gasteiger partial charge in [0.25, 0.3) is 0 Å². The van der Waals surface area contributed by atoms with E-state index in [1.807, 2.05) is 19.1 Å². The SMILES string of the molecule is CCN1CCN(C(=O)C(=O)Nc2ccc(C)cc2Br)CC1. The number of rotatable bonds is 2. The van der Waals surface area contributed by atoms with Crippen LogP contribution < -0.4 is 5.32 Å². The van der Waals surface area contributed by atoms with Crippen LogP contribution in [0.4, 0.5) is 5.69 Å². The van der Waals surface area contributed by atoms with Crippen molar-refractivity contribution in [2.75, 3.05) is 38.0 Å². The molecule has 114 valence electrons. The highest BCUT2D eigenvalue weighted by Gasteiger charge is 2.25. The molecule has 0 bridgehead atoms. The highest BCUT2D eigenvalue weighted by molar-refractivity contribution is 9.10. The third kappa shape index (κ3) is 4.04. The van der Waals surface area contributed by atoms with Gasteiger partial charge >= 0.3 is 11.8 Å². The maximum atomic E-state index is 12.2. The van der Waals surface area contributed by atoms with E-state index in [1.54, 1.807) is 11.0 Å². The predicted octanol–water partition coefficient (Wildman–Crippen LogP) is 1.86. The second-order valence-electron chi connectivity index (χ2n) is 5.16. The molecule has 1 saturated heterocycles. The fourth-order valence-corrected chi connectivity index (χ4v) is 2.90. The highest BCUT2D eigenvalue weighted by atomic mass is 79.9. The summed E-state index contributed by atoms with van der Waals surface area (Å²) < 4.78 is 0.777. The smallest absolute Gasteiger partial charge is 0.313 e. The van der Waals surface area contributed by atoms with Gasteiger partial charge < -0.3 is 15.1 Å². The Morgan fingerprint density at radius 2 is 1.90 bits per heavy atom. The number of anilines is 1. The van der Waals surface area contributed by atoms with Crippen molar-refractivity contribution in [2.45, 2.75) is 13.8 Å². The van der Waals surface area contributed by atoms with Gasteiger partial charge in [0.2, 0.25) is 0 Å². The van der Waals surface area contributed by atoms with Gasteiger partial charge in [-0.2, -0.15) is 0 Å². The molecule has 0 spiro atoms. The van der Waals surface area contributed by atoms with E-state index in [4.69, 9.17) is 0 Å². The molecule has 5 nitrogen and oxygen atoms in total. The fraction of sp³-hybridized carbons (Fsp3) is 0.467. The van der Waals surface area contributed by atoms with Crippen molar-refractivity contribution >= 4 is 33.4 Å². The Bertz CT molecular complexity index is 540. The molecule has 1 aliphatic heterocycles. The largest absolute Gasteiger partial charge is 0.332 e. The first-order chi connectivity index (χ1) is 10.0. The molecule has 1 aromatic carbocycles. The Morgan fingerprint density at radius 3 is 2.48 bits per heavy atom. The van der Waals surface area contributed by atoms with Gasteiger partial charge in [0.05, 0.1) is 5.69 Å². The van der Waals surface area contributed by atoms with Gasteiger partial charge in [-0.25, -0.2) is 0 Å². The van der Waals surface area contributed by atoms with Gasteiger partial charge in [-0.05, 0) is 47.1 Å². The summed E-state index contributed by atoms with van der Waals surface area (Å²) in [5, 5.41) is 2.67. The van der Waals surface area contributed by atoms with Crippen LogP contribution in [0.3, 0.4) is 0 Å². The number of nitrogens with zero attached hydrogens (tertiary/aromatic N) is 2. The van der Waals surface area contributed by atoms with E-state index in [2.05, 4.69) is 33.1 Å². The number of nitrogens with one attached hydrogen (secondary N) is 1. The van der Waals surface area contributed by atoms with Gasteiger partial charge in [0, 0.05) is 30.7 Å². The molecule has 6 heteroatoms. The molecule has 1 heterocycles. The zero-order valence-electron chi connectivity index (χ0n) is 12.4. The first-order valence-electron chi connectivity index (χ1n) is 7.10. The van der Waals surface area contributed by atoms with Crippen LogP contribution in [0.1, 0.15) is 12.5 Å². The monoisotopic (exact) mass is 353 g/mol. The minimum absolute atomic E-state index is 0.460. The summed E-state index contributed by atoms with van der Waals surface area (Å²) in [4.78, 5) is 28.1. The zero-order chi connectivity index (χ0) is 15.4. The van der Waals surface area contributed by atoms with E-state index < -0.39 is 11.8 Å². The predicted molar refractivity (Wildman–Crippen MR) is 86.2 cm³/mol. The van der Waals surface area contributed by atoms with E-state index in [0.717, 1.165) is 29.7 Å². The number of carbonyl (C=O) groups excluding carboxylic acids is 2. The average molecular weight is 354 g/mol. The topological polar surface area (TPSA) is 52.7 Å². The highest BCUT2D eigenvalue weighted by Crippen LogP contribution is 2.23. The molecule has 1 N–H and O–H groups in total. The molecular weight excluding hydrogens is 334 g/mol. The van der Waals surface area contributed by atoms with E-state index in [1.165, 1.54) is 0 Å². The normalized spacial score (nSPS) is 15.9. The van der Waals surface area contributed by atoms with Crippen molar-refractivity contribution < 1.29 is 9.59 Å². The van der Waals surface area contributed by atoms with E-state index >= 15 is 0 Å². The molecule has 0 radical (unpaired) electrons. The van der Waals surface area contributed by atoms with E-state index in [9.17, 15) is 9.59 Å². The summed E-state index contributed by atoms with van der Waals surface area (Å²) >= 11 is 3.39. The number of hydrogen-bond donors (Lipinski definition) is 1.